The standard InChI is InChI=1S/C7H17O4P.2C6H15O4P.C4H10O.C3H9O3P.CH4O.2CH4.Na/c1-5-7(2)11-6-12(8,9-3)10-4;2*1-4-6(2)10-5-11(7,8)9-3;1-3-4(2)5;1-3-7(4,5)6-2;1-2;;;/h7H,5-6H2,1-4H3;2*6H,4-5H2,1-3H3,(H,7,8);4-5H,3H2,1-2H3;3H2,1-2H3,(H,4,5);2H,1H3;2*1H4;/q;;;;;;;;+1/p-1. The first-order chi connectivity index (χ1) is 22.0. The number of ether oxygens (including phenoxy) is 3. The van der Waals surface area contributed by atoms with Crippen LogP contribution in [0.4, 0.5) is 0 Å². The molecule has 0 amide bonds. The summed E-state index contributed by atoms with van der Waals surface area (Å²) in [5.74, 6) is 0. The molecular formula is C29H77NaO17P4. The molecule has 0 rings (SSSR count). The first kappa shape index (κ1) is 73.5. The van der Waals surface area contributed by atoms with Crippen LogP contribution in [-0.4, -0.2) is 112 Å². The van der Waals surface area contributed by atoms with Crippen molar-refractivity contribution in [2.24, 2.45) is 0 Å². The van der Waals surface area contributed by atoms with Crippen LogP contribution in [0.3, 0.4) is 0 Å². The monoisotopic (exact) mass is 844 g/mol. The molecule has 0 spiro atoms. The fourth-order valence-corrected chi connectivity index (χ4v) is 3.58. The number of hydrogen-bond donors (Lipinski definition) is 4. The number of aliphatic hydroxyl groups is 2. The largest absolute Gasteiger partial charge is 1.00 e. The van der Waals surface area contributed by atoms with Gasteiger partial charge in [0.05, 0.1) is 24.4 Å². The summed E-state index contributed by atoms with van der Waals surface area (Å²) in [4.78, 5) is 27.9. The Bertz CT molecular complexity index is 823. The Morgan fingerprint density at radius 2 is 0.804 bits per heavy atom. The molecule has 0 heterocycles. The Morgan fingerprint density at radius 1 is 0.549 bits per heavy atom. The maximum absolute atomic E-state index is 11.4. The van der Waals surface area contributed by atoms with Gasteiger partial charge in [0, 0.05) is 48.8 Å². The fraction of sp³-hybridized carbons (Fsp3) is 1.00. The molecule has 0 saturated carbocycles. The third-order valence-corrected chi connectivity index (χ3v) is 10.7. The Morgan fingerprint density at radius 3 is 0.941 bits per heavy atom. The molecule has 316 valence electrons. The van der Waals surface area contributed by atoms with Crippen LogP contribution in [0, 0.1) is 0 Å². The summed E-state index contributed by atoms with van der Waals surface area (Å²) in [6.45, 7) is 16.7. The summed E-state index contributed by atoms with van der Waals surface area (Å²) >= 11 is 0. The number of rotatable bonds is 19. The maximum atomic E-state index is 11.4. The summed E-state index contributed by atoms with van der Waals surface area (Å²) in [6, 6.07) is 0. The molecule has 51 heavy (non-hydrogen) atoms. The van der Waals surface area contributed by atoms with Crippen LogP contribution < -0.4 is 34.5 Å². The van der Waals surface area contributed by atoms with Crippen LogP contribution in [0.15, 0.2) is 0 Å². The van der Waals surface area contributed by atoms with Crippen molar-refractivity contribution in [1.82, 2.24) is 0 Å². The van der Waals surface area contributed by atoms with Gasteiger partial charge >= 0.3 is 52.3 Å². The second kappa shape index (κ2) is 45.8. The van der Waals surface area contributed by atoms with Gasteiger partial charge < -0.3 is 66.3 Å². The molecule has 0 aliphatic rings. The van der Waals surface area contributed by atoms with Gasteiger partial charge in [-0.15, -0.1) is 0 Å². The molecule has 0 fully saturated rings. The zero-order chi connectivity index (χ0) is 39.6. The zero-order valence-electron chi connectivity index (χ0n) is 32.9. The molecule has 0 aliphatic heterocycles. The number of aliphatic hydroxyl groups excluding tert-OH is 2. The predicted molar refractivity (Wildman–Crippen MR) is 201 cm³/mol. The van der Waals surface area contributed by atoms with Gasteiger partial charge in [-0.1, -0.05) is 49.5 Å². The van der Waals surface area contributed by atoms with Gasteiger partial charge in [0.25, 0.3) is 0 Å². The average Bonchev–Trinajstić information content (AvgIpc) is 3.10. The average molecular weight is 845 g/mol. The van der Waals surface area contributed by atoms with E-state index in [1.165, 1.54) is 35.4 Å². The molecule has 0 saturated heterocycles. The Balaban J connectivity index is -0.0000000615. The minimum absolute atomic E-state index is 0. The van der Waals surface area contributed by atoms with Crippen molar-refractivity contribution < 1.29 is 110 Å². The van der Waals surface area contributed by atoms with Crippen molar-refractivity contribution >= 4 is 30.4 Å². The van der Waals surface area contributed by atoms with Crippen molar-refractivity contribution in [2.75, 3.05) is 67.9 Å². The summed E-state index contributed by atoms with van der Waals surface area (Å²) < 4.78 is 80.5. The van der Waals surface area contributed by atoms with E-state index < -0.39 is 30.4 Å². The minimum atomic E-state index is -3.46. The van der Waals surface area contributed by atoms with Crippen LogP contribution in [0.25, 0.3) is 0 Å². The summed E-state index contributed by atoms with van der Waals surface area (Å²) in [7, 11) is -6.04. The molecule has 0 bridgehead atoms. The Kier molecular flexibility index (Phi) is 66.0. The fourth-order valence-electron chi connectivity index (χ4n) is 1.43. The second-order valence-electron chi connectivity index (χ2n) is 9.53. The molecular weight excluding hydrogens is 767 g/mol. The van der Waals surface area contributed by atoms with Gasteiger partial charge in [0.2, 0.25) is 0 Å². The zero-order valence-corrected chi connectivity index (χ0v) is 38.4. The van der Waals surface area contributed by atoms with Crippen molar-refractivity contribution in [3.63, 3.8) is 0 Å². The normalized spacial score (nSPS) is 15.9. The van der Waals surface area contributed by atoms with Gasteiger partial charge in [0.15, 0.2) is 0 Å². The minimum Gasteiger partial charge on any atom is -0.779 e. The maximum Gasteiger partial charge on any atom is 1.00 e. The van der Waals surface area contributed by atoms with E-state index in [-0.39, 0.29) is 94.0 Å². The summed E-state index contributed by atoms with van der Waals surface area (Å²) in [6.07, 6.45) is 3.02. The van der Waals surface area contributed by atoms with Crippen LogP contribution in [0.5, 0.6) is 0 Å². The predicted octanol–water partition coefficient (Wildman–Crippen LogP) is 4.29. The first-order valence-corrected chi connectivity index (χ1v) is 22.3. The topological polar surface area (TPSA) is 246 Å². The molecule has 17 nitrogen and oxygen atoms in total. The van der Waals surface area contributed by atoms with E-state index in [1.807, 2.05) is 48.5 Å². The van der Waals surface area contributed by atoms with E-state index in [2.05, 4.69) is 13.6 Å². The summed E-state index contributed by atoms with van der Waals surface area (Å²) in [5.41, 5.74) is 0. The van der Waals surface area contributed by atoms with Crippen molar-refractivity contribution in [2.45, 2.75) is 127 Å². The molecule has 22 heteroatoms. The third-order valence-electron chi connectivity index (χ3n) is 5.67. The molecule has 7 atom stereocenters. The van der Waals surface area contributed by atoms with Crippen molar-refractivity contribution in [3.05, 3.63) is 0 Å². The molecule has 0 aromatic rings. The Hall–Kier alpha value is 1.40. The smallest absolute Gasteiger partial charge is 0.779 e. The van der Waals surface area contributed by atoms with Crippen molar-refractivity contribution in [1.29, 1.82) is 0 Å². The molecule has 0 radical (unpaired) electrons. The van der Waals surface area contributed by atoms with Crippen LogP contribution >= 0.6 is 30.4 Å². The SMILES string of the molecule is C.C.CCC(C)O.CCC(C)OCP(=O)(O)OC.CCC(C)OCP(=O)(O)OC.CCC(C)OCP(=O)(OC)OC.CCP(=O)([O-])OC.CO.[Na+]. The van der Waals surface area contributed by atoms with Gasteiger partial charge in [-0.3, -0.25) is 13.7 Å². The molecule has 0 aromatic heterocycles. The molecule has 0 aromatic carbocycles. The first-order valence-electron chi connectivity index (χ1n) is 15.3. The van der Waals surface area contributed by atoms with Gasteiger partial charge in [0.1, 0.15) is 26.6 Å². The van der Waals surface area contributed by atoms with Crippen molar-refractivity contribution in [3.8, 4) is 0 Å². The van der Waals surface area contributed by atoms with Crippen LogP contribution in [-0.2, 0) is 55.1 Å². The van der Waals surface area contributed by atoms with Crippen LogP contribution in [0.2, 0.25) is 0 Å². The molecule has 0 aliphatic carbocycles. The van der Waals surface area contributed by atoms with E-state index in [0.717, 1.165) is 39.9 Å². The molecule has 4 N–H and O–H groups in total. The quantitative estimate of drug-likeness (QED) is 0.105. The van der Waals surface area contributed by atoms with Gasteiger partial charge in [-0.05, 0) is 53.4 Å². The van der Waals surface area contributed by atoms with E-state index in [9.17, 15) is 23.2 Å². The van der Waals surface area contributed by atoms with E-state index in [0.29, 0.717) is 0 Å². The summed E-state index contributed by atoms with van der Waals surface area (Å²) in [5, 5.41) is 15.4. The van der Waals surface area contributed by atoms with Crippen LogP contribution in [0.1, 0.15) is 103 Å². The van der Waals surface area contributed by atoms with E-state index >= 15 is 0 Å². The third kappa shape index (κ3) is 60.9. The van der Waals surface area contributed by atoms with E-state index in [4.69, 9.17) is 43.3 Å². The number of hydrogen-bond acceptors (Lipinski definition) is 15. The van der Waals surface area contributed by atoms with Gasteiger partial charge in [-0.25, -0.2) is 0 Å². The van der Waals surface area contributed by atoms with Gasteiger partial charge in [-0.2, -0.15) is 0 Å². The molecule has 7 unspecified atom stereocenters. The van der Waals surface area contributed by atoms with E-state index in [1.54, 1.807) is 6.92 Å². The second-order valence-corrected chi connectivity index (χ2v) is 17.8. The Labute approximate surface area is 333 Å².